The fourth-order valence-corrected chi connectivity index (χ4v) is 11.1. The SMILES string of the molecule is C/C=C/C[C@@H](C)[C@@H](O)[C@H]1C(=O)N[C@@H](CC)C(=O)N(C)CC(=O)N(C)[C@@H]([C@@H](C)O)C(=O)N[C@@H](C(C)C)C(=O)N(C)[C@@H](CC(C)C)C(=O)N[C@@H](CC(C)C)C(=O)N[C@H](C)C(=O)N(C)[C@@H](CC(C)C)C(=O)N(C)[C@@H](CC(C)C)C(=O)N(C)[C@@H](C(C)C)C(=O)N1C. The maximum atomic E-state index is 15.2. The molecule has 0 aliphatic carbocycles. The molecule has 24 nitrogen and oxygen atoms in total. The summed E-state index contributed by atoms with van der Waals surface area (Å²) in [6.45, 7) is 28.8. The molecule has 0 aromatic carbocycles. The molecular weight excluding hydrogens is 1120 g/mol. The number of carbonyl (C=O) groups excluding carboxylic acids is 11. The van der Waals surface area contributed by atoms with Crippen molar-refractivity contribution >= 4 is 65.0 Å². The van der Waals surface area contributed by atoms with Crippen LogP contribution in [-0.2, 0) is 52.7 Å². The molecule has 87 heavy (non-hydrogen) atoms. The van der Waals surface area contributed by atoms with E-state index < -0.39 is 162 Å². The Labute approximate surface area is 520 Å². The monoisotopic (exact) mass is 1230 g/mol. The lowest BCUT2D eigenvalue weighted by Crippen LogP contribution is -2.63. The number of carbonyl (C=O) groups is 11. The summed E-state index contributed by atoms with van der Waals surface area (Å²) in [7, 11) is 9.62. The topological polar surface area (TPSA) is 299 Å². The highest BCUT2D eigenvalue weighted by molar-refractivity contribution is 5.99. The number of rotatable bonds is 16. The molecule has 1 heterocycles. The van der Waals surface area contributed by atoms with E-state index in [1.165, 1.54) is 82.8 Å². The molecule has 0 aromatic rings. The van der Waals surface area contributed by atoms with E-state index in [-0.39, 0.29) is 55.8 Å². The molecule has 1 rings (SSSR count). The predicted octanol–water partition coefficient (Wildman–Crippen LogP) is 2.63. The Morgan fingerprint density at radius 2 is 0.897 bits per heavy atom. The molecule has 0 radical (unpaired) electrons. The van der Waals surface area contributed by atoms with Crippen LogP contribution >= 0.6 is 0 Å². The average Bonchev–Trinajstić information content (AvgIpc) is 1.59. The summed E-state index contributed by atoms with van der Waals surface area (Å²) in [4.78, 5) is 169. The van der Waals surface area contributed by atoms with Crippen molar-refractivity contribution < 1.29 is 63.0 Å². The third-order valence-corrected chi connectivity index (χ3v) is 16.3. The summed E-state index contributed by atoms with van der Waals surface area (Å²) in [5.74, 6) is -10.6. The van der Waals surface area contributed by atoms with Crippen LogP contribution in [0.1, 0.15) is 156 Å². The zero-order valence-corrected chi connectivity index (χ0v) is 57.1. The van der Waals surface area contributed by atoms with Crippen molar-refractivity contribution in [1.29, 1.82) is 0 Å². The van der Waals surface area contributed by atoms with Crippen molar-refractivity contribution in [2.24, 2.45) is 41.4 Å². The quantitative estimate of drug-likeness (QED) is 0.121. The van der Waals surface area contributed by atoms with Gasteiger partial charge in [-0.15, -0.1) is 0 Å². The highest BCUT2D eigenvalue weighted by atomic mass is 16.3. The van der Waals surface area contributed by atoms with Crippen molar-refractivity contribution in [2.45, 2.75) is 229 Å². The van der Waals surface area contributed by atoms with Crippen LogP contribution in [0.15, 0.2) is 12.2 Å². The van der Waals surface area contributed by atoms with Crippen LogP contribution in [-0.4, -0.2) is 238 Å². The van der Waals surface area contributed by atoms with Gasteiger partial charge in [0, 0.05) is 49.3 Å². The second-order valence-electron chi connectivity index (χ2n) is 26.6. The van der Waals surface area contributed by atoms with Gasteiger partial charge in [-0.25, -0.2) is 0 Å². The van der Waals surface area contributed by atoms with E-state index in [9.17, 15) is 48.6 Å². The summed E-state index contributed by atoms with van der Waals surface area (Å²) in [6, 6.07) is -13.1. The maximum absolute atomic E-state index is 15.2. The van der Waals surface area contributed by atoms with Crippen molar-refractivity contribution in [3.8, 4) is 0 Å². The first kappa shape index (κ1) is 78.8. The highest BCUT2D eigenvalue weighted by Crippen LogP contribution is 2.26. The normalized spacial score (nSPS) is 26.9. The molecule has 1 aliphatic rings. The van der Waals surface area contributed by atoms with Crippen molar-refractivity contribution in [1.82, 2.24) is 55.6 Å². The van der Waals surface area contributed by atoms with Gasteiger partial charge in [0.2, 0.25) is 65.0 Å². The molecule has 11 amide bonds. The summed E-state index contributed by atoms with van der Waals surface area (Å²) in [6.07, 6.45) is 1.31. The molecule has 1 saturated heterocycles. The number of allylic oxidation sites excluding steroid dienone is 2. The first-order valence-electron chi connectivity index (χ1n) is 31.2. The summed E-state index contributed by atoms with van der Waals surface area (Å²) in [5, 5.41) is 34.2. The van der Waals surface area contributed by atoms with Crippen LogP contribution in [0.3, 0.4) is 0 Å². The molecule has 13 atom stereocenters. The van der Waals surface area contributed by atoms with Crippen LogP contribution in [0.5, 0.6) is 0 Å². The summed E-state index contributed by atoms with van der Waals surface area (Å²) >= 11 is 0. The highest BCUT2D eigenvalue weighted by Gasteiger charge is 2.46. The van der Waals surface area contributed by atoms with Crippen LogP contribution in [0.2, 0.25) is 0 Å². The number of hydrogen-bond donors (Lipinski definition) is 6. The Balaban J connectivity index is 4.39. The van der Waals surface area contributed by atoms with Gasteiger partial charge in [0.05, 0.1) is 18.8 Å². The van der Waals surface area contributed by atoms with Crippen molar-refractivity contribution in [3.63, 3.8) is 0 Å². The maximum Gasteiger partial charge on any atom is 0.246 e. The molecule has 1 fully saturated rings. The Morgan fingerprint density at radius 3 is 1.34 bits per heavy atom. The second kappa shape index (κ2) is 35.7. The first-order valence-corrected chi connectivity index (χ1v) is 31.2. The van der Waals surface area contributed by atoms with E-state index in [0.29, 0.717) is 6.42 Å². The molecule has 24 heteroatoms. The zero-order chi connectivity index (χ0) is 67.6. The molecule has 0 unspecified atom stereocenters. The van der Waals surface area contributed by atoms with Crippen LogP contribution in [0.4, 0.5) is 0 Å². The minimum absolute atomic E-state index is 0.0190. The van der Waals surface area contributed by atoms with Gasteiger partial charge in [0.25, 0.3) is 0 Å². The lowest BCUT2D eigenvalue weighted by molar-refractivity contribution is -0.157. The second-order valence-corrected chi connectivity index (χ2v) is 26.6. The smallest absolute Gasteiger partial charge is 0.246 e. The molecular formula is C63H113N11O13. The largest absolute Gasteiger partial charge is 0.391 e. The van der Waals surface area contributed by atoms with Gasteiger partial charge in [-0.1, -0.05) is 109 Å². The average molecular weight is 1230 g/mol. The molecule has 6 N–H and O–H groups in total. The molecule has 0 bridgehead atoms. The number of amides is 11. The molecule has 0 aromatic heterocycles. The summed E-state index contributed by atoms with van der Waals surface area (Å²) < 4.78 is 0. The minimum Gasteiger partial charge on any atom is -0.391 e. The number of aliphatic hydroxyl groups is 2. The fraction of sp³-hybridized carbons (Fsp3) is 0.794. The van der Waals surface area contributed by atoms with E-state index in [1.807, 2.05) is 55.4 Å². The van der Waals surface area contributed by atoms with E-state index in [2.05, 4.69) is 21.3 Å². The molecule has 0 saturated carbocycles. The summed E-state index contributed by atoms with van der Waals surface area (Å²) in [5.41, 5.74) is 0. The van der Waals surface area contributed by atoms with E-state index in [4.69, 9.17) is 0 Å². The van der Waals surface area contributed by atoms with E-state index in [0.717, 1.165) is 14.7 Å². The number of nitrogens with one attached hydrogen (secondary N) is 4. The minimum atomic E-state index is -1.64. The predicted molar refractivity (Wildman–Crippen MR) is 334 cm³/mol. The Hall–Kier alpha value is -6.17. The van der Waals surface area contributed by atoms with Gasteiger partial charge in [-0.2, -0.15) is 0 Å². The van der Waals surface area contributed by atoms with E-state index >= 15 is 14.4 Å². The van der Waals surface area contributed by atoms with Crippen LogP contribution in [0.25, 0.3) is 0 Å². The lowest BCUT2D eigenvalue weighted by Gasteiger charge is -2.41. The Bertz CT molecular complexity index is 2380. The molecule has 0 spiro atoms. The van der Waals surface area contributed by atoms with Crippen molar-refractivity contribution in [2.75, 3.05) is 55.9 Å². The van der Waals surface area contributed by atoms with Crippen LogP contribution < -0.4 is 21.3 Å². The number of aliphatic hydroxyl groups excluding tert-OH is 2. The van der Waals surface area contributed by atoms with Gasteiger partial charge in [-0.05, 0) is 101 Å². The van der Waals surface area contributed by atoms with Gasteiger partial charge >= 0.3 is 0 Å². The molecule has 1 aliphatic heterocycles. The van der Waals surface area contributed by atoms with Gasteiger partial charge in [0.15, 0.2) is 0 Å². The molecule has 498 valence electrons. The fourth-order valence-electron chi connectivity index (χ4n) is 11.1. The zero-order valence-electron chi connectivity index (χ0n) is 57.1. The third kappa shape index (κ3) is 22.1. The van der Waals surface area contributed by atoms with Crippen LogP contribution in [0, 0.1) is 41.4 Å². The van der Waals surface area contributed by atoms with Gasteiger partial charge < -0.3 is 65.8 Å². The third-order valence-electron chi connectivity index (χ3n) is 16.3. The number of hydrogen-bond acceptors (Lipinski definition) is 13. The Morgan fingerprint density at radius 1 is 0.460 bits per heavy atom. The standard InChI is InChI=1S/C63H113N11O13/c1-25-27-28-40(15)53(77)52-57(81)65-43(26-2)59(83)68(18)33-48(76)72(22)51(42(17)75)56(80)67-49(38(11)12)62(86)69(19)45(30-35(5)6)55(79)66-44(29-34(3)4)54(78)64-41(16)58(82)70(20)46(31-36(7)8)60(84)71(21)47(32-37(9)10)61(85)73(23)50(39(13)14)63(87)74(52)24/h25,27,34-47,49-53,75,77H,26,28-33H2,1-24H3,(H,64,78)(H,65,81)(H,66,79)(H,67,80)/b27-25+/t40-,41-,42-,43+,44+,45+,46+,47+,49+,50+,51+,52+,53-/m1/s1. The van der Waals surface area contributed by atoms with Gasteiger partial charge in [0.1, 0.15) is 60.4 Å². The number of likely N-dealkylation sites (N-methyl/N-ethyl adjacent to an activating group) is 7. The van der Waals surface area contributed by atoms with E-state index in [1.54, 1.807) is 60.6 Å². The van der Waals surface area contributed by atoms with Crippen molar-refractivity contribution in [3.05, 3.63) is 12.2 Å². The lowest BCUT2D eigenvalue weighted by atomic mass is 9.91. The number of nitrogens with zero attached hydrogens (tertiary/aromatic N) is 7. The first-order chi connectivity index (χ1) is 40.1. The van der Waals surface area contributed by atoms with Gasteiger partial charge in [-0.3, -0.25) is 52.7 Å². The Kier molecular flexibility index (Phi) is 32.4.